The number of allylic oxidation sites excluding steroid dienone is 1. The number of ketones is 1. The van der Waals surface area contributed by atoms with Crippen LogP contribution in [-0.2, 0) is 17.4 Å². The molecule has 4 aromatic rings. The van der Waals surface area contributed by atoms with Crippen molar-refractivity contribution < 1.29 is 40.3 Å². The Labute approximate surface area is 241 Å². The van der Waals surface area contributed by atoms with Gasteiger partial charge in [0.25, 0.3) is 5.91 Å². The second kappa shape index (κ2) is 11.5. The van der Waals surface area contributed by atoms with E-state index in [1.807, 2.05) is 0 Å². The van der Waals surface area contributed by atoms with Gasteiger partial charge < -0.3 is 15.1 Å². The Bertz CT molecular complexity index is 1680. The van der Waals surface area contributed by atoms with Gasteiger partial charge in [-0.25, -0.2) is 4.98 Å². The Morgan fingerprint density at radius 2 is 1.81 bits per heavy atom. The number of likely N-dealkylation sites (tertiary alicyclic amines) is 1. The first kappa shape index (κ1) is 29.8. The van der Waals surface area contributed by atoms with Crippen molar-refractivity contribution in [2.45, 2.75) is 44.1 Å². The van der Waals surface area contributed by atoms with Crippen LogP contribution in [0.2, 0.25) is 0 Å². The van der Waals surface area contributed by atoms with Gasteiger partial charge >= 0.3 is 12.4 Å². The Hall–Kier alpha value is -4.68. The van der Waals surface area contributed by atoms with Gasteiger partial charge in [-0.05, 0) is 73.0 Å². The van der Waals surface area contributed by atoms with Crippen molar-refractivity contribution in [3.63, 3.8) is 0 Å². The lowest BCUT2D eigenvalue weighted by atomic mass is 10.0. The summed E-state index contributed by atoms with van der Waals surface area (Å²) in [5.41, 5.74) is 4.77. The second-order valence-corrected chi connectivity index (χ2v) is 10.1. The van der Waals surface area contributed by atoms with Gasteiger partial charge in [0.2, 0.25) is 0 Å². The van der Waals surface area contributed by atoms with Crippen LogP contribution in [0.25, 0.3) is 28.3 Å². The third-order valence-electron chi connectivity index (χ3n) is 7.06. The maximum absolute atomic E-state index is 14.0. The third kappa shape index (κ3) is 6.71. The molecule has 5 rings (SSSR count). The molecule has 0 saturated carbocycles. The number of rotatable bonds is 7. The van der Waals surface area contributed by atoms with Crippen molar-refractivity contribution in [2.75, 3.05) is 12.3 Å². The number of furan rings is 1. The summed E-state index contributed by atoms with van der Waals surface area (Å²) in [5.74, 6) is -0.618. The summed E-state index contributed by atoms with van der Waals surface area (Å²) >= 11 is 0. The molecule has 43 heavy (non-hydrogen) atoms. The first-order valence-electron chi connectivity index (χ1n) is 13.2. The lowest BCUT2D eigenvalue weighted by Crippen LogP contribution is -2.44. The lowest BCUT2D eigenvalue weighted by molar-refractivity contribution is -0.169. The molecular weight excluding hydrogens is 578 g/mol. The summed E-state index contributed by atoms with van der Waals surface area (Å²) < 4.78 is 87.4. The summed E-state index contributed by atoms with van der Waals surface area (Å²) in [6, 6.07) is 7.60. The summed E-state index contributed by atoms with van der Waals surface area (Å²) in [4.78, 5) is 33.8. The van der Waals surface area contributed by atoms with Gasteiger partial charge in [-0.3, -0.25) is 14.6 Å². The van der Waals surface area contributed by atoms with E-state index in [4.69, 9.17) is 10.2 Å². The van der Waals surface area contributed by atoms with Crippen LogP contribution in [0.5, 0.6) is 0 Å². The van der Waals surface area contributed by atoms with Gasteiger partial charge in [-0.1, -0.05) is 0 Å². The Kier molecular flexibility index (Phi) is 8.00. The fourth-order valence-corrected chi connectivity index (χ4v) is 4.93. The van der Waals surface area contributed by atoms with Crippen molar-refractivity contribution in [2.24, 2.45) is 0 Å². The van der Waals surface area contributed by atoms with Gasteiger partial charge in [0.1, 0.15) is 23.2 Å². The van der Waals surface area contributed by atoms with Gasteiger partial charge in [0.15, 0.2) is 5.78 Å². The predicted molar refractivity (Wildman–Crippen MR) is 146 cm³/mol. The van der Waals surface area contributed by atoms with Crippen LogP contribution in [-0.4, -0.2) is 45.3 Å². The van der Waals surface area contributed by atoms with Crippen molar-refractivity contribution in [3.05, 3.63) is 83.4 Å². The number of nitrogens with zero attached hydrogens (tertiary/aromatic N) is 3. The maximum Gasteiger partial charge on any atom is 0.420 e. The van der Waals surface area contributed by atoms with E-state index in [9.17, 15) is 35.9 Å². The number of hydrogen-bond donors (Lipinski definition) is 1. The van der Waals surface area contributed by atoms with Crippen molar-refractivity contribution in [1.29, 1.82) is 0 Å². The number of aryl methyl sites for hydroxylation is 1. The van der Waals surface area contributed by atoms with Crippen molar-refractivity contribution in [3.8, 4) is 11.3 Å². The summed E-state index contributed by atoms with van der Waals surface area (Å²) in [6.45, 7) is -0.0544. The van der Waals surface area contributed by atoms with Gasteiger partial charge in [-0.2, -0.15) is 26.3 Å². The van der Waals surface area contributed by atoms with Crippen LogP contribution in [0.15, 0.2) is 65.4 Å². The molecule has 1 aliphatic rings. The van der Waals surface area contributed by atoms with Crippen molar-refractivity contribution in [1.82, 2.24) is 14.9 Å². The minimum Gasteiger partial charge on any atom is -0.460 e. The number of nitrogens with two attached hydrogens (primary N) is 1. The predicted octanol–water partition coefficient (Wildman–Crippen LogP) is 6.87. The maximum atomic E-state index is 14.0. The number of alkyl halides is 6. The number of carbonyl (C=O) groups is 2. The monoisotopic (exact) mass is 602 g/mol. The molecule has 7 nitrogen and oxygen atoms in total. The SMILES string of the molecule is Nc1ccc(/C=C/C(=O)CCc2cc3cc(-c4ccc(C(=O)N5CCC[C@@H]5C(F)(F)F)cn4)cc(C(F)(F)F)c3o2)cn1. The number of benzene rings is 1. The molecule has 13 heteroatoms. The molecular formula is C30H24F6N4O3. The molecule has 1 atom stereocenters. The zero-order valence-corrected chi connectivity index (χ0v) is 22.4. The molecule has 1 aromatic carbocycles. The molecule has 0 spiro atoms. The molecule has 1 fully saturated rings. The number of aromatic nitrogens is 2. The standard InChI is InChI=1S/C30H24F6N4O3/c31-29(32,33)23-14-19(24-9-5-18(16-38-24)28(42)40-11-1-2-25(40)30(34,35)36)12-20-13-22(43-27(20)23)8-7-21(41)6-3-17-4-10-26(37)39-15-17/h3-6,9-10,12-16,25H,1-2,7-8,11H2,(H2,37,39)/b6-3+/t25-/m1/s1. The molecule has 0 bridgehead atoms. The number of hydrogen-bond acceptors (Lipinski definition) is 6. The highest BCUT2D eigenvalue weighted by Crippen LogP contribution is 2.39. The van der Waals surface area contributed by atoms with Crippen LogP contribution in [0.3, 0.4) is 0 Å². The fourth-order valence-electron chi connectivity index (χ4n) is 4.93. The highest BCUT2D eigenvalue weighted by Gasteiger charge is 2.47. The smallest absolute Gasteiger partial charge is 0.420 e. The number of anilines is 1. The van der Waals surface area contributed by atoms with E-state index < -0.39 is 35.4 Å². The second-order valence-electron chi connectivity index (χ2n) is 10.1. The highest BCUT2D eigenvalue weighted by atomic mass is 19.4. The summed E-state index contributed by atoms with van der Waals surface area (Å²) in [7, 11) is 0. The minimum atomic E-state index is -4.78. The number of fused-ring (bicyclic) bond motifs is 1. The molecule has 2 N–H and O–H groups in total. The average molecular weight is 603 g/mol. The van der Waals surface area contributed by atoms with Crippen LogP contribution < -0.4 is 5.73 Å². The van der Waals surface area contributed by atoms with E-state index in [2.05, 4.69) is 9.97 Å². The fraction of sp³-hybridized carbons (Fsp3) is 0.267. The summed E-state index contributed by atoms with van der Waals surface area (Å²) in [5, 5.41) is 0.128. The molecule has 224 valence electrons. The van der Waals surface area contributed by atoms with Gasteiger partial charge in [0, 0.05) is 42.7 Å². The zero-order valence-electron chi connectivity index (χ0n) is 22.4. The molecule has 1 amide bonds. The average Bonchev–Trinajstić information content (AvgIpc) is 3.62. The van der Waals surface area contributed by atoms with Crippen LogP contribution in [0, 0.1) is 0 Å². The van der Waals surface area contributed by atoms with E-state index >= 15 is 0 Å². The van der Waals surface area contributed by atoms with E-state index in [1.54, 1.807) is 18.2 Å². The van der Waals surface area contributed by atoms with Crippen LogP contribution in [0.4, 0.5) is 32.2 Å². The molecule has 0 unspecified atom stereocenters. The third-order valence-corrected chi connectivity index (χ3v) is 7.06. The lowest BCUT2D eigenvalue weighted by Gasteiger charge is -2.26. The van der Waals surface area contributed by atoms with E-state index in [1.165, 1.54) is 36.5 Å². The molecule has 4 heterocycles. The number of nitrogen functional groups attached to an aromatic ring is 1. The van der Waals surface area contributed by atoms with E-state index in [-0.39, 0.29) is 66.0 Å². The van der Waals surface area contributed by atoms with Gasteiger partial charge in [0.05, 0.1) is 16.8 Å². The molecule has 1 saturated heterocycles. The highest BCUT2D eigenvalue weighted by molar-refractivity contribution is 5.95. The first-order valence-corrected chi connectivity index (χ1v) is 13.2. The molecule has 0 radical (unpaired) electrons. The molecule has 3 aromatic heterocycles. The Balaban J connectivity index is 1.35. The quantitative estimate of drug-likeness (QED) is 0.183. The van der Waals surface area contributed by atoms with Gasteiger partial charge in [-0.15, -0.1) is 0 Å². The normalized spacial score (nSPS) is 16.0. The summed E-state index contributed by atoms with van der Waals surface area (Å²) in [6.07, 6.45) is -3.87. The number of pyridine rings is 2. The first-order chi connectivity index (χ1) is 20.3. The number of halogens is 6. The minimum absolute atomic E-state index is 0.0177. The molecule has 1 aliphatic heterocycles. The topological polar surface area (TPSA) is 102 Å². The number of amides is 1. The van der Waals surface area contributed by atoms with E-state index in [0.29, 0.717) is 11.4 Å². The largest absolute Gasteiger partial charge is 0.460 e. The molecule has 0 aliphatic carbocycles. The van der Waals surface area contributed by atoms with Crippen molar-refractivity contribution >= 4 is 34.6 Å². The Morgan fingerprint density at radius 1 is 1.02 bits per heavy atom. The van der Waals surface area contributed by atoms with E-state index in [0.717, 1.165) is 17.2 Å². The van der Waals surface area contributed by atoms with Crippen LogP contribution in [0.1, 0.15) is 46.5 Å². The number of carbonyl (C=O) groups excluding carboxylic acids is 2. The Morgan fingerprint density at radius 3 is 2.47 bits per heavy atom. The zero-order chi connectivity index (χ0) is 30.9. The van der Waals surface area contributed by atoms with Crippen LogP contribution >= 0.6 is 0 Å².